The molecule has 1 amide bonds. The van der Waals surface area contributed by atoms with Gasteiger partial charge in [0.15, 0.2) is 6.54 Å². The van der Waals surface area contributed by atoms with Gasteiger partial charge in [-0.3, -0.25) is 4.79 Å². The number of quaternary nitrogens is 1. The largest absolute Gasteiger partial charge is 0.416 e. The molecule has 1 saturated heterocycles. The molecule has 1 heterocycles. The van der Waals surface area contributed by atoms with Gasteiger partial charge < -0.3 is 15.1 Å². The van der Waals surface area contributed by atoms with Crippen LogP contribution in [0.2, 0.25) is 0 Å². The normalized spacial score (nSPS) is 24.7. The van der Waals surface area contributed by atoms with E-state index in [0.717, 1.165) is 25.6 Å². The van der Waals surface area contributed by atoms with Gasteiger partial charge in [-0.15, -0.1) is 0 Å². The molecule has 0 aromatic heterocycles. The van der Waals surface area contributed by atoms with Crippen molar-refractivity contribution in [2.75, 3.05) is 37.6 Å². The van der Waals surface area contributed by atoms with Crippen molar-refractivity contribution in [3.05, 3.63) is 29.8 Å². The molecule has 3 rings (SSSR count). The first-order valence-corrected chi connectivity index (χ1v) is 9.88. The molecular formula is C20H29F3N3O+. The lowest BCUT2D eigenvalue weighted by atomic mass is 9.86. The van der Waals surface area contributed by atoms with Gasteiger partial charge in [-0.25, -0.2) is 0 Å². The van der Waals surface area contributed by atoms with E-state index >= 15 is 0 Å². The minimum atomic E-state index is -4.32. The van der Waals surface area contributed by atoms with Crippen molar-refractivity contribution in [3.63, 3.8) is 0 Å². The number of nitrogens with zero attached hydrogens (tertiary/aromatic N) is 1. The number of piperazine rings is 1. The Morgan fingerprint density at radius 2 is 1.93 bits per heavy atom. The molecule has 150 valence electrons. The van der Waals surface area contributed by atoms with Crippen molar-refractivity contribution in [2.45, 2.75) is 44.8 Å². The van der Waals surface area contributed by atoms with Crippen LogP contribution in [0, 0.1) is 5.92 Å². The Hall–Kier alpha value is -1.76. The Labute approximate surface area is 158 Å². The number of hydrogen-bond donors (Lipinski definition) is 2. The molecule has 1 saturated carbocycles. The molecule has 1 aliphatic heterocycles. The van der Waals surface area contributed by atoms with E-state index in [0.29, 0.717) is 31.2 Å². The van der Waals surface area contributed by atoms with Crippen LogP contribution in [0.4, 0.5) is 18.9 Å². The number of carbonyl (C=O) groups is 1. The molecule has 2 fully saturated rings. The van der Waals surface area contributed by atoms with Crippen LogP contribution in [-0.4, -0.2) is 44.7 Å². The summed E-state index contributed by atoms with van der Waals surface area (Å²) in [4.78, 5) is 15.5. The smallest absolute Gasteiger partial charge is 0.360 e. The summed E-state index contributed by atoms with van der Waals surface area (Å²) in [6.45, 7) is 5.46. The van der Waals surface area contributed by atoms with Gasteiger partial charge in [0, 0.05) is 11.7 Å². The quantitative estimate of drug-likeness (QED) is 0.834. The lowest BCUT2D eigenvalue weighted by molar-refractivity contribution is -0.892. The molecule has 2 atom stereocenters. The van der Waals surface area contributed by atoms with E-state index in [1.54, 1.807) is 6.07 Å². The average Bonchev–Trinajstić information content (AvgIpc) is 2.64. The third kappa shape index (κ3) is 5.37. The van der Waals surface area contributed by atoms with Crippen molar-refractivity contribution < 1.29 is 22.9 Å². The molecule has 27 heavy (non-hydrogen) atoms. The standard InChI is InChI=1S/C20H28F3N3O/c1-15-5-2-3-8-18(15)24-19(27)14-25-9-11-26(12-10-25)17-7-4-6-16(13-17)20(21,22)23/h4,6-7,13,15,18H,2-3,5,8-12,14H2,1H3,(H,24,27)/p+1/t15-,18+/m0/s1. The van der Waals surface area contributed by atoms with Gasteiger partial charge in [-0.1, -0.05) is 25.8 Å². The van der Waals surface area contributed by atoms with E-state index < -0.39 is 11.7 Å². The van der Waals surface area contributed by atoms with Gasteiger partial charge >= 0.3 is 6.18 Å². The number of halogens is 3. The first-order valence-electron chi connectivity index (χ1n) is 9.88. The van der Waals surface area contributed by atoms with Gasteiger partial charge in [0.05, 0.1) is 31.7 Å². The zero-order valence-electron chi connectivity index (χ0n) is 15.8. The molecule has 7 heteroatoms. The highest BCUT2D eigenvalue weighted by Crippen LogP contribution is 2.31. The summed E-state index contributed by atoms with van der Waals surface area (Å²) >= 11 is 0. The number of amides is 1. The highest BCUT2D eigenvalue weighted by atomic mass is 19.4. The van der Waals surface area contributed by atoms with Crippen LogP contribution in [-0.2, 0) is 11.0 Å². The average molecular weight is 384 g/mol. The fraction of sp³-hybridized carbons (Fsp3) is 0.650. The Kier molecular flexibility index (Phi) is 6.29. The molecule has 1 aromatic rings. The Morgan fingerprint density at radius 3 is 2.59 bits per heavy atom. The van der Waals surface area contributed by atoms with Gasteiger partial charge in [0.25, 0.3) is 5.91 Å². The summed E-state index contributed by atoms with van der Waals surface area (Å²) in [5.41, 5.74) is -0.0138. The number of anilines is 1. The van der Waals surface area contributed by atoms with E-state index in [9.17, 15) is 18.0 Å². The lowest BCUT2D eigenvalue weighted by Crippen LogP contribution is -3.16. The van der Waals surface area contributed by atoms with Gasteiger partial charge in [0.2, 0.25) is 0 Å². The van der Waals surface area contributed by atoms with Crippen LogP contribution < -0.4 is 15.1 Å². The van der Waals surface area contributed by atoms with Crippen LogP contribution in [0.25, 0.3) is 0 Å². The molecule has 2 aliphatic rings. The molecule has 0 radical (unpaired) electrons. The van der Waals surface area contributed by atoms with Crippen molar-refractivity contribution >= 4 is 11.6 Å². The van der Waals surface area contributed by atoms with Crippen molar-refractivity contribution in [3.8, 4) is 0 Å². The third-order valence-electron chi connectivity index (χ3n) is 5.88. The van der Waals surface area contributed by atoms with Crippen molar-refractivity contribution in [1.82, 2.24) is 5.32 Å². The van der Waals surface area contributed by atoms with Crippen LogP contribution in [0.5, 0.6) is 0 Å². The first-order chi connectivity index (χ1) is 12.8. The van der Waals surface area contributed by atoms with Crippen LogP contribution in [0.3, 0.4) is 0 Å². The monoisotopic (exact) mass is 384 g/mol. The Bertz CT molecular complexity index is 642. The minimum Gasteiger partial charge on any atom is -0.360 e. The van der Waals surface area contributed by atoms with Crippen LogP contribution in [0.1, 0.15) is 38.2 Å². The number of hydrogen-bond acceptors (Lipinski definition) is 2. The number of carbonyl (C=O) groups excluding carboxylic acids is 1. The molecular weight excluding hydrogens is 355 g/mol. The summed E-state index contributed by atoms with van der Waals surface area (Å²) in [6, 6.07) is 5.77. The second-order valence-electron chi connectivity index (χ2n) is 7.90. The van der Waals surface area contributed by atoms with Crippen LogP contribution in [0.15, 0.2) is 24.3 Å². The summed E-state index contributed by atoms with van der Waals surface area (Å²) in [6.07, 6.45) is 0.338. The van der Waals surface area contributed by atoms with E-state index in [2.05, 4.69) is 12.2 Å². The van der Waals surface area contributed by atoms with Gasteiger partial charge in [0.1, 0.15) is 0 Å². The summed E-state index contributed by atoms with van der Waals surface area (Å²) in [5, 5.41) is 3.18. The summed E-state index contributed by atoms with van der Waals surface area (Å²) in [5.74, 6) is 0.631. The van der Waals surface area contributed by atoms with E-state index in [1.807, 2.05) is 4.90 Å². The van der Waals surface area contributed by atoms with E-state index in [1.165, 1.54) is 36.3 Å². The third-order valence-corrected chi connectivity index (χ3v) is 5.88. The maximum absolute atomic E-state index is 12.9. The zero-order valence-corrected chi connectivity index (χ0v) is 15.8. The molecule has 4 nitrogen and oxygen atoms in total. The molecule has 0 unspecified atom stereocenters. The van der Waals surface area contributed by atoms with Crippen LogP contribution >= 0.6 is 0 Å². The van der Waals surface area contributed by atoms with Gasteiger partial charge in [-0.05, 0) is 37.0 Å². The second-order valence-corrected chi connectivity index (χ2v) is 7.90. The highest BCUT2D eigenvalue weighted by molar-refractivity contribution is 5.77. The molecule has 0 spiro atoms. The first kappa shape index (κ1) is 20.0. The summed E-state index contributed by atoms with van der Waals surface area (Å²) < 4.78 is 38.7. The molecule has 2 N–H and O–H groups in total. The summed E-state index contributed by atoms with van der Waals surface area (Å²) in [7, 11) is 0. The van der Waals surface area contributed by atoms with Crippen molar-refractivity contribution in [2.24, 2.45) is 5.92 Å². The number of alkyl halides is 3. The molecule has 1 aromatic carbocycles. The van der Waals surface area contributed by atoms with E-state index in [4.69, 9.17) is 0 Å². The fourth-order valence-corrected chi connectivity index (χ4v) is 4.15. The predicted octanol–water partition coefficient (Wildman–Crippen LogP) is 2.11. The topological polar surface area (TPSA) is 36.8 Å². The molecule has 1 aliphatic carbocycles. The number of nitrogens with one attached hydrogen (secondary N) is 2. The Balaban J connectivity index is 1.48. The number of rotatable bonds is 4. The van der Waals surface area contributed by atoms with Crippen molar-refractivity contribution in [1.29, 1.82) is 0 Å². The maximum Gasteiger partial charge on any atom is 0.416 e. The minimum absolute atomic E-state index is 0.0938. The zero-order chi connectivity index (χ0) is 19.4. The van der Waals surface area contributed by atoms with Gasteiger partial charge in [-0.2, -0.15) is 13.2 Å². The SMILES string of the molecule is C[C@H]1CCCC[C@H]1NC(=O)C[NH+]1CCN(c2cccc(C(F)(F)F)c2)CC1. The lowest BCUT2D eigenvalue weighted by Gasteiger charge is -2.34. The fourth-order valence-electron chi connectivity index (χ4n) is 4.15. The maximum atomic E-state index is 12.9. The number of benzene rings is 1. The molecule has 0 bridgehead atoms. The second kappa shape index (κ2) is 8.50. The predicted molar refractivity (Wildman–Crippen MR) is 98.8 cm³/mol. The highest BCUT2D eigenvalue weighted by Gasteiger charge is 2.31. The Morgan fingerprint density at radius 1 is 1.22 bits per heavy atom. The van der Waals surface area contributed by atoms with E-state index in [-0.39, 0.29) is 11.9 Å².